The van der Waals surface area contributed by atoms with E-state index < -0.39 is 0 Å². The van der Waals surface area contributed by atoms with Gasteiger partial charge in [-0.1, -0.05) is 121 Å². The number of Topliss-reactive ketones (excluding diaryl/α,β-unsaturated/α-hetero) is 1. The van der Waals surface area contributed by atoms with Gasteiger partial charge in [0.15, 0.2) is 0 Å². The van der Waals surface area contributed by atoms with Crippen LogP contribution >= 0.6 is 0 Å². The van der Waals surface area contributed by atoms with Gasteiger partial charge in [0.1, 0.15) is 5.78 Å². The molecule has 0 saturated heterocycles. The molecule has 0 N–H and O–H groups in total. The van der Waals surface area contributed by atoms with Crippen molar-refractivity contribution >= 4 is 5.78 Å². The first-order valence-corrected chi connectivity index (χ1v) is 12.9. The molecule has 0 amide bonds. The molecule has 1 aromatic rings. The molecule has 1 atom stereocenters. The van der Waals surface area contributed by atoms with Crippen molar-refractivity contribution in [2.75, 3.05) is 0 Å². The van der Waals surface area contributed by atoms with Crippen LogP contribution in [-0.2, 0) is 11.2 Å². The molecular formula is C28H46O. The summed E-state index contributed by atoms with van der Waals surface area (Å²) >= 11 is 0. The topological polar surface area (TPSA) is 17.1 Å². The SMILES string of the molecule is CCCCCCCCCCCCCCCCCC(=O)C1CCCc2ccccc21. The molecule has 0 aliphatic heterocycles. The highest BCUT2D eigenvalue weighted by Gasteiger charge is 2.25. The second kappa shape index (κ2) is 15.7. The number of benzene rings is 1. The fourth-order valence-electron chi connectivity index (χ4n) is 4.93. The Hall–Kier alpha value is -1.11. The van der Waals surface area contributed by atoms with E-state index in [2.05, 4.69) is 31.2 Å². The minimum Gasteiger partial charge on any atom is -0.299 e. The maximum absolute atomic E-state index is 12.7. The van der Waals surface area contributed by atoms with E-state index in [4.69, 9.17) is 0 Å². The van der Waals surface area contributed by atoms with E-state index in [0.29, 0.717) is 5.78 Å². The molecule has 0 saturated carbocycles. The lowest BCUT2D eigenvalue weighted by molar-refractivity contribution is -0.120. The molecule has 0 spiro atoms. The van der Waals surface area contributed by atoms with Crippen LogP contribution in [0, 0.1) is 0 Å². The normalized spacial score (nSPS) is 16.0. The van der Waals surface area contributed by atoms with E-state index in [1.165, 1.54) is 107 Å². The quantitative estimate of drug-likeness (QED) is 0.239. The third kappa shape index (κ3) is 9.96. The zero-order chi connectivity index (χ0) is 20.6. The lowest BCUT2D eigenvalue weighted by Crippen LogP contribution is -2.18. The highest BCUT2D eigenvalue weighted by atomic mass is 16.1. The second-order valence-corrected chi connectivity index (χ2v) is 9.31. The molecule has 1 heteroatoms. The maximum Gasteiger partial charge on any atom is 0.140 e. The number of carbonyl (C=O) groups is 1. The predicted molar refractivity (Wildman–Crippen MR) is 127 cm³/mol. The number of ketones is 1. The standard InChI is InChI=1S/C28H46O/c1-2-3-4-5-6-7-8-9-10-11-12-13-14-15-16-24-28(29)27-23-19-21-25-20-17-18-22-26(25)27/h17-18,20,22,27H,2-16,19,21,23-24H2,1H3. The van der Waals surface area contributed by atoms with E-state index in [9.17, 15) is 4.79 Å². The van der Waals surface area contributed by atoms with Gasteiger partial charge in [-0.2, -0.15) is 0 Å². The van der Waals surface area contributed by atoms with Crippen LogP contribution in [-0.4, -0.2) is 5.78 Å². The highest BCUT2D eigenvalue weighted by Crippen LogP contribution is 2.33. The van der Waals surface area contributed by atoms with Gasteiger partial charge >= 0.3 is 0 Å². The Labute approximate surface area is 181 Å². The molecule has 1 aliphatic carbocycles. The smallest absolute Gasteiger partial charge is 0.140 e. The van der Waals surface area contributed by atoms with Crippen molar-refractivity contribution in [3.8, 4) is 0 Å². The zero-order valence-electron chi connectivity index (χ0n) is 19.2. The molecule has 1 unspecified atom stereocenters. The van der Waals surface area contributed by atoms with E-state index in [0.717, 1.165) is 25.7 Å². The van der Waals surface area contributed by atoms with Crippen LogP contribution in [0.4, 0.5) is 0 Å². The van der Waals surface area contributed by atoms with Gasteiger partial charge in [-0.05, 0) is 36.8 Å². The Morgan fingerprint density at radius 1 is 0.759 bits per heavy atom. The summed E-state index contributed by atoms with van der Waals surface area (Å²) in [4.78, 5) is 12.7. The van der Waals surface area contributed by atoms with Crippen LogP contribution in [0.2, 0.25) is 0 Å². The lowest BCUT2D eigenvalue weighted by Gasteiger charge is -2.24. The van der Waals surface area contributed by atoms with E-state index in [1.54, 1.807) is 0 Å². The number of aryl methyl sites for hydroxylation is 1. The van der Waals surface area contributed by atoms with Crippen LogP contribution in [0.15, 0.2) is 24.3 Å². The van der Waals surface area contributed by atoms with Gasteiger partial charge in [0.2, 0.25) is 0 Å². The van der Waals surface area contributed by atoms with E-state index in [-0.39, 0.29) is 5.92 Å². The Bertz CT molecular complexity index is 547. The van der Waals surface area contributed by atoms with E-state index in [1.807, 2.05) is 0 Å². The minimum atomic E-state index is 0.187. The molecule has 1 aliphatic rings. The summed E-state index contributed by atoms with van der Waals surface area (Å²) in [6.45, 7) is 2.29. The minimum absolute atomic E-state index is 0.187. The summed E-state index contributed by atoms with van der Waals surface area (Å²) in [5.74, 6) is 0.679. The fraction of sp³-hybridized carbons (Fsp3) is 0.750. The summed E-state index contributed by atoms with van der Waals surface area (Å²) in [5.41, 5.74) is 2.73. The Kier molecular flexibility index (Phi) is 13.1. The molecule has 2 rings (SSSR count). The Morgan fingerprint density at radius 3 is 1.86 bits per heavy atom. The first-order chi connectivity index (χ1) is 14.3. The van der Waals surface area contributed by atoms with Crippen molar-refractivity contribution in [2.45, 2.75) is 135 Å². The Morgan fingerprint density at radius 2 is 1.28 bits per heavy atom. The lowest BCUT2D eigenvalue weighted by atomic mass is 9.79. The molecule has 29 heavy (non-hydrogen) atoms. The third-order valence-corrected chi connectivity index (χ3v) is 6.78. The van der Waals surface area contributed by atoms with Gasteiger partial charge in [-0.25, -0.2) is 0 Å². The summed E-state index contributed by atoms with van der Waals surface area (Å²) < 4.78 is 0. The van der Waals surface area contributed by atoms with Gasteiger partial charge in [-0.3, -0.25) is 4.79 Å². The van der Waals surface area contributed by atoms with E-state index >= 15 is 0 Å². The van der Waals surface area contributed by atoms with Gasteiger partial charge < -0.3 is 0 Å². The average molecular weight is 399 g/mol. The largest absolute Gasteiger partial charge is 0.299 e. The molecule has 1 nitrogen and oxygen atoms in total. The number of carbonyl (C=O) groups excluding carboxylic acids is 1. The van der Waals surface area contributed by atoms with Crippen LogP contribution in [0.3, 0.4) is 0 Å². The van der Waals surface area contributed by atoms with Gasteiger partial charge in [0.25, 0.3) is 0 Å². The second-order valence-electron chi connectivity index (χ2n) is 9.31. The van der Waals surface area contributed by atoms with Crippen molar-refractivity contribution in [3.05, 3.63) is 35.4 Å². The molecular weight excluding hydrogens is 352 g/mol. The van der Waals surface area contributed by atoms with Crippen LogP contribution in [0.25, 0.3) is 0 Å². The van der Waals surface area contributed by atoms with Crippen LogP contribution < -0.4 is 0 Å². The van der Waals surface area contributed by atoms with Crippen molar-refractivity contribution in [3.63, 3.8) is 0 Å². The van der Waals surface area contributed by atoms with Crippen molar-refractivity contribution in [1.82, 2.24) is 0 Å². The first kappa shape index (κ1) is 24.2. The molecule has 0 bridgehead atoms. The molecule has 1 aromatic carbocycles. The number of unbranched alkanes of at least 4 members (excludes halogenated alkanes) is 14. The van der Waals surface area contributed by atoms with Crippen molar-refractivity contribution in [1.29, 1.82) is 0 Å². The zero-order valence-corrected chi connectivity index (χ0v) is 19.2. The van der Waals surface area contributed by atoms with Crippen LogP contribution in [0.1, 0.15) is 140 Å². The third-order valence-electron chi connectivity index (χ3n) is 6.78. The molecule has 0 aromatic heterocycles. The van der Waals surface area contributed by atoms with Gasteiger partial charge in [0, 0.05) is 12.3 Å². The summed E-state index contributed by atoms with van der Waals surface area (Å²) in [5, 5.41) is 0. The van der Waals surface area contributed by atoms with Gasteiger partial charge in [0.05, 0.1) is 0 Å². The Balaban J connectivity index is 1.40. The van der Waals surface area contributed by atoms with Crippen molar-refractivity contribution < 1.29 is 4.79 Å². The average Bonchev–Trinajstić information content (AvgIpc) is 2.76. The van der Waals surface area contributed by atoms with Gasteiger partial charge in [-0.15, -0.1) is 0 Å². The number of hydrogen-bond acceptors (Lipinski definition) is 1. The van der Waals surface area contributed by atoms with Crippen molar-refractivity contribution in [2.24, 2.45) is 0 Å². The number of rotatable bonds is 17. The monoisotopic (exact) mass is 398 g/mol. The first-order valence-electron chi connectivity index (χ1n) is 12.9. The summed E-state index contributed by atoms with van der Waals surface area (Å²) in [6, 6.07) is 8.60. The molecule has 0 fully saturated rings. The fourth-order valence-corrected chi connectivity index (χ4v) is 4.93. The number of fused-ring (bicyclic) bond motifs is 1. The highest BCUT2D eigenvalue weighted by molar-refractivity contribution is 5.86. The molecule has 0 radical (unpaired) electrons. The molecule has 164 valence electrons. The molecule has 0 heterocycles. The summed E-state index contributed by atoms with van der Waals surface area (Å²) in [6.07, 6.45) is 24.8. The predicted octanol–water partition coefficient (Wildman–Crippen LogP) is 8.94. The van der Waals surface area contributed by atoms with Crippen LogP contribution in [0.5, 0.6) is 0 Å². The number of hydrogen-bond donors (Lipinski definition) is 0. The summed E-state index contributed by atoms with van der Waals surface area (Å²) in [7, 11) is 0. The maximum atomic E-state index is 12.7.